The van der Waals surface area contributed by atoms with Crippen LogP contribution in [0.25, 0.3) is 0 Å². The van der Waals surface area contributed by atoms with Crippen molar-refractivity contribution in [3.63, 3.8) is 0 Å². The van der Waals surface area contributed by atoms with Crippen LogP contribution in [0.15, 0.2) is 30.5 Å². The zero-order valence-corrected chi connectivity index (χ0v) is 18.9. The zero-order chi connectivity index (χ0) is 21.6. The molecule has 166 valence electrons. The van der Waals surface area contributed by atoms with Crippen LogP contribution >= 0.6 is 0 Å². The van der Waals surface area contributed by atoms with Gasteiger partial charge in [-0.15, -0.1) is 0 Å². The van der Waals surface area contributed by atoms with Crippen LogP contribution in [0.1, 0.15) is 55.5 Å². The summed E-state index contributed by atoms with van der Waals surface area (Å²) in [5.74, 6) is 2.39. The Hall–Kier alpha value is -2.11. The number of fused-ring (bicyclic) bond motifs is 3. The Labute approximate surface area is 185 Å². The number of rotatable bonds is 5. The molecule has 2 fully saturated rings. The molecule has 5 nitrogen and oxygen atoms in total. The Kier molecular flexibility index (Phi) is 5.43. The van der Waals surface area contributed by atoms with Crippen molar-refractivity contribution < 1.29 is 14.6 Å². The van der Waals surface area contributed by atoms with E-state index in [1.807, 2.05) is 19.2 Å². The molecule has 2 aliphatic heterocycles. The highest BCUT2D eigenvalue weighted by atomic mass is 16.5. The summed E-state index contributed by atoms with van der Waals surface area (Å²) in [4.78, 5) is 7.15. The van der Waals surface area contributed by atoms with Crippen molar-refractivity contribution in [1.29, 1.82) is 0 Å². The number of ether oxygens (including phenoxy) is 2. The standard InChI is InChI=1S/C26H34N2O3/c1-4-30-23-12-19-11-18(3)31-24(19)13-20(23)14-28-15-21-8-5-9-22(16-28)26(21,29)25-17(2)7-6-10-27-25/h6-7,10,12-13,18,21-22,29H,4-5,8-9,11,14-16H2,1-3H3/t18-,21+,22+/m1/s1. The second-order valence-corrected chi connectivity index (χ2v) is 9.65. The lowest BCUT2D eigenvalue weighted by molar-refractivity contribution is -0.151. The number of piperidine rings is 1. The predicted molar refractivity (Wildman–Crippen MR) is 120 cm³/mol. The molecule has 3 atom stereocenters. The smallest absolute Gasteiger partial charge is 0.124 e. The van der Waals surface area contributed by atoms with Crippen LogP contribution in [0, 0.1) is 18.8 Å². The highest BCUT2D eigenvalue weighted by Gasteiger charge is 2.52. The molecule has 2 aromatic rings. The molecule has 5 heteroatoms. The molecule has 1 saturated heterocycles. The van der Waals surface area contributed by atoms with Crippen LogP contribution in [0.5, 0.6) is 11.5 Å². The van der Waals surface area contributed by atoms with Gasteiger partial charge >= 0.3 is 0 Å². The Morgan fingerprint density at radius 1 is 1.26 bits per heavy atom. The van der Waals surface area contributed by atoms with Crippen LogP contribution in [-0.2, 0) is 18.6 Å². The third kappa shape index (κ3) is 3.62. The van der Waals surface area contributed by atoms with Crippen molar-refractivity contribution in [2.75, 3.05) is 19.7 Å². The van der Waals surface area contributed by atoms with Gasteiger partial charge in [0.1, 0.15) is 23.2 Å². The quantitative estimate of drug-likeness (QED) is 0.781. The number of aromatic nitrogens is 1. The van der Waals surface area contributed by atoms with Gasteiger partial charge in [-0.3, -0.25) is 9.88 Å². The van der Waals surface area contributed by atoms with E-state index in [0.717, 1.165) is 61.7 Å². The number of aliphatic hydroxyl groups is 1. The summed E-state index contributed by atoms with van der Waals surface area (Å²) in [5.41, 5.74) is 3.60. The first-order valence-electron chi connectivity index (χ1n) is 11.8. The summed E-state index contributed by atoms with van der Waals surface area (Å²) in [5, 5.41) is 11.9. The van der Waals surface area contributed by atoms with E-state index < -0.39 is 5.60 Å². The summed E-state index contributed by atoms with van der Waals surface area (Å²) < 4.78 is 12.0. The molecule has 0 amide bonds. The molecule has 3 aliphatic rings. The minimum atomic E-state index is -0.820. The maximum absolute atomic E-state index is 11.9. The first-order chi connectivity index (χ1) is 15.0. The van der Waals surface area contributed by atoms with Gasteiger partial charge in [-0.25, -0.2) is 0 Å². The van der Waals surface area contributed by atoms with Gasteiger partial charge in [-0.05, 0) is 57.4 Å². The summed E-state index contributed by atoms with van der Waals surface area (Å²) in [7, 11) is 0. The largest absolute Gasteiger partial charge is 0.494 e. The van der Waals surface area contributed by atoms with Gasteiger partial charge < -0.3 is 14.6 Å². The Bertz CT molecular complexity index is 946. The van der Waals surface area contributed by atoms with Gasteiger partial charge in [0.15, 0.2) is 0 Å². The fraction of sp³-hybridized carbons (Fsp3) is 0.577. The van der Waals surface area contributed by atoms with Crippen LogP contribution in [0.3, 0.4) is 0 Å². The zero-order valence-electron chi connectivity index (χ0n) is 18.9. The third-order valence-corrected chi connectivity index (χ3v) is 7.47. The SMILES string of the molecule is CCOc1cc2c(cc1CN1C[C@@H]3CCC[C@@H](C1)C3(O)c1ncccc1C)O[C@H](C)C2. The minimum Gasteiger partial charge on any atom is -0.494 e. The maximum Gasteiger partial charge on any atom is 0.124 e. The third-order valence-electron chi connectivity index (χ3n) is 7.47. The van der Waals surface area contributed by atoms with Gasteiger partial charge in [0.2, 0.25) is 0 Å². The number of likely N-dealkylation sites (tertiary alicyclic amines) is 1. The van der Waals surface area contributed by atoms with Crippen molar-refractivity contribution in [3.05, 3.63) is 52.8 Å². The van der Waals surface area contributed by atoms with Crippen molar-refractivity contribution in [1.82, 2.24) is 9.88 Å². The molecule has 0 unspecified atom stereocenters. The topological polar surface area (TPSA) is 54.8 Å². The molecule has 1 N–H and O–H groups in total. The fourth-order valence-electron chi connectivity index (χ4n) is 6.10. The molecular weight excluding hydrogens is 388 g/mol. The monoisotopic (exact) mass is 422 g/mol. The van der Waals surface area contributed by atoms with E-state index in [-0.39, 0.29) is 17.9 Å². The number of nitrogens with zero attached hydrogens (tertiary/aromatic N) is 2. The Morgan fingerprint density at radius 3 is 2.74 bits per heavy atom. The molecule has 1 aliphatic carbocycles. The molecule has 0 spiro atoms. The normalized spacial score (nSPS) is 30.0. The van der Waals surface area contributed by atoms with Crippen LogP contribution in [0.4, 0.5) is 0 Å². The minimum absolute atomic E-state index is 0.204. The van der Waals surface area contributed by atoms with Crippen molar-refractivity contribution >= 4 is 0 Å². The maximum atomic E-state index is 11.9. The van der Waals surface area contributed by atoms with Crippen molar-refractivity contribution in [3.8, 4) is 11.5 Å². The number of benzene rings is 1. The van der Waals surface area contributed by atoms with E-state index in [1.165, 1.54) is 17.5 Å². The van der Waals surface area contributed by atoms with E-state index in [0.29, 0.717) is 6.61 Å². The Balaban J connectivity index is 1.41. The molecule has 1 aromatic carbocycles. The van der Waals surface area contributed by atoms with Crippen LogP contribution in [-0.4, -0.2) is 40.8 Å². The van der Waals surface area contributed by atoms with Gasteiger partial charge in [-0.2, -0.15) is 0 Å². The van der Waals surface area contributed by atoms with Gasteiger partial charge in [0.05, 0.1) is 12.3 Å². The first kappa shape index (κ1) is 20.8. The van der Waals surface area contributed by atoms with Gasteiger partial charge in [0, 0.05) is 55.2 Å². The Morgan fingerprint density at radius 2 is 2.03 bits per heavy atom. The van der Waals surface area contributed by atoms with E-state index >= 15 is 0 Å². The van der Waals surface area contributed by atoms with Crippen LogP contribution < -0.4 is 9.47 Å². The molecule has 0 radical (unpaired) electrons. The van der Waals surface area contributed by atoms with E-state index in [9.17, 15) is 5.11 Å². The number of aryl methyl sites for hydroxylation is 1. The second kappa shape index (κ2) is 8.10. The van der Waals surface area contributed by atoms with Crippen LogP contribution in [0.2, 0.25) is 0 Å². The van der Waals surface area contributed by atoms with E-state index in [4.69, 9.17) is 9.47 Å². The first-order valence-corrected chi connectivity index (χ1v) is 11.8. The fourth-order valence-corrected chi connectivity index (χ4v) is 6.10. The van der Waals surface area contributed by atoms with E-state index in [1.54, 1.807) is 0 Å². The molecule has 1 aromatic heterocycles. The van der Waals surface area contributed by atoms with E-state index in [2.05, 4.69) is 41.9 Å². The summed E-state index contributed by atoms with van der Waals surface area (Å²) in [6, 6.07) is 8.39. The summed E-state index contributed by atoms with van der Waals surface area (Å²) in [6.07, 6.45) is 6.27. The molecule has 5 rings (SSSR count). The predicted octanol–water partition coefficient (Wildman–Crippen LogP) is 4.23. The average Bonchev–Trinajstić information content (AvgIpc) is 3.08. The molecule has 2 bridgehead atoms. The average molecular weight is 423 g/mol. The van der Waals surface area contributed by atoms with Gasteiger partial charge in [0.25, 0.3) is 0 Å². The second-order valence-electron chi connectivity index (χ2n) is 9.65. The van der Waals surface area contributed by atoms with Gasteiger partial charge in [-0.1, -0.05) is 12.5 Å². The molecule has 31 heavy (non-hydrogen) atoms. The summed E-state index contributed by atoms with van der Waals surface area (Å²) in [6.45, 7) is 9.47. The molecule has 1 saturated carbocycles. The number of pyridine rings is 1. The lowest BCUT2D eigenvalue weighted by atomic mass is 9.63. The molecular formula is C26H34N2O3. The lowest BCUT2D eigenvalue weighted by Gasteiger charge is -2.53. The highest BCUT2D eigenvalue weighted by Crippen LogP contribution is 2.49. The molecule has 3 heterocycles. The highest BCUT2D eigenvalue weighted by molar-refractivity contribution is 5.48. The number of hydrogen-bond donors (Lipinski definition) is 1. The summed E-state index contributed by atoms with van der Waals surface area (Å²) >= 11 is 0. The number of hydrogen-bond acceptors (Lipinski definition) is 5. The van der Waals surface area contributed by atoms with Crippen molar-refractivity contribution in [2.24, 2.45) is 11.8 Å². The lowest BCUT2D eigenvalue weighted by Crippen LogP contribution is -2.58. The van der Waals surface area contributed by atoms with Crippen molar-refractivity contribution in [2.45, 2.75) is 64.7 Å².